The van der Waals surface area contributed by atoms with E-state index in [2.05, 4.69) is 26.9 Å². The molecule has 0 bridgehead atoms. The maximum Gasteiger partial charge on any atom is 0.197 e. The third-order valence-electron chi connectivity index (χ3n) is 3.63. The smallest absolute Gasteiger partial charge is 0.197 e. The molecule has 0 radical (unpaired) electrons. The van der Waals surface area contributed by atoms with E-state index in [0.717, 1.165) is 45.0 Å². The molecule has 6 heteroatoms. The van der Waals surface area contributed by atoms with Crippen LogP contribution in [0.4, 0.5) is 0 Å². The van der Waals surface area contributed by atoms with Gasteiger partial charge in [-0.15, -0.1) is 0 Å². The van der Waals surface area contributed by atoms with Crippen LogP contribution in [0, 0.1) is 0 Å². The van der Waals surface area contributed by atoms with Crippen LogP contribution in [0.25, 0.3) is 5.65 Å². The minimum Gasteiger partial charge on any atom is -0.504 e. The van der Waals surface area contributed by atoms with Gasteiger partial charge < -0.3 is 14.9 Å². The molecule has 3 heterocycles. The fourth-order valence-corrected chi connectivity index (χ4v) is 2.37. The van der Waals surface area contributed by atoms with Crippen LogP contribution >= 0.6 is 0 Å². The highest BCUT2D eigenvalue weighted by Gasteiger charge is 2.14. The van der Waals surface area contributed by atoms with Crippen LogP contribution in [-0.2, 0) is 6.42 Å². The van der Waals surface area contributed by atoms with Gasteiger partial charge in [-0.3, -0.25) is 0 Å². The quantitative estimate of drug-likeness (QED) is 0.857. The summed E-state index contributed by atoms with van der Waals surface area (Å²) in [5.74, 6) is 0.973. The van der Waals surface area contributed by atoms with Crippen molar-refractivity contribution in [2.45, 2.75) is 6.42 Å². The van der Waals surface area contributed by atoms with Gasteiger partial charge in [-0.2, -0.15) is 5.10 Å². The zero-order valence-electron chi connectivity index (χ0n) is 11.2. The van der Waals surface area contributed by atoms with Crippen molar-refractivity contribution in [2.24, 2.45) is 0 Å². The molecule has 3 rings (SSSR count). The zero-order chi connectivity index (χ0) is 13.2. The third kappa shape index (κ3) is 2.69. The predicted molar refractivity (Wildman–Crippen MR) is 72.3 cm³/mol. The summed E-state index contributed by atoms with van der Waals surface area (Å²) in [6.07, 6.45) is 2.63. The Hall–Kier alpha value is -1.66. The number of rotatable bonds is 3. The topological polar surface area (TPSA) is 56.9 Å². The number of piperazine rings is 1. The summed E-state index contributed by atoms with van der Waals surface area (Å²) < 4.78 is 1.63. The van der Waals surface area contributed by atoms with E-state index in [1.54, 1.807) is 22.8 Å². The molecular weight excluding hydrogens is 242 g/mol. The first kappa shape index (κ1) is 12.4. The Bertz CT molecular complexity index is 559. The largest absolute Gasteiger partial charge is 0.504 e. The third-order valence-corrected chi connectivity index (χ3v) is 3.63. The summed E-state index contributed by atoms with van der Waals surface area (Å²) in [5.41, 5.74) is 0.538. The van der Waals surface area contributed by atoms with E-state index in [-0.39, 0.29) is 5.75 Å². The summed E-state index contributed by atoms with van der Waals surface area (Å²) in [4.78, 5) is 9.16. The molecular formula is C13H19N5O. The molecule has 0 atom stereocenters. The second-order valence-corrected chi connectivity index (χ2v) is 5.08. The summed E-state index contributed by atoms with van der Waals surface area (Å²) in [5, 5.41) is 14.1. The molecule has 0 aromatic carbocycles. The van der Waals surface area contributed by atoms with Crippen LogP contribution in [0.1, 0.15) is 5.82 Å². The van der Waals surface area contributed by atoms with E-state index in [9.17, 15) is 5.11 Å². The molecule has 1 N–H and O–H groups in total. The Labute approximate surface area is 112 Å². The van der Waals surface area contributed by atoms with Crippen LogP contribution in [0.15, 0.2) is 18.3 Å². The molecule has 6 nitrogen and oxygen atoms in total. The number of likely N-dealkylation sites (N-methyl/N-ethyl adjacent to an activating group) is 1. The Morgan fingerprint density at radius 2 is 2.05 bits per heavy atom. The van der Waals surface area contributed by atoms with Gasteiger partial charge in [-0.05, 0) is 19.2 Å². The Balaban J connectivity index is 1.64. The van der Waals surface area contributed by atoms with Gasteiger partial charge in [0.15, 0.2) is 17.2 Å². The zero-order valence-corrected chi connectivity index (χ0v) is 11.2. The highest BCUT2D eigenvalue weighted by atomic mass is 16.3. The van der Waals surface area contributed by atoms with Gasteiger partial charge in [0.1, 0.15) is 0 Å². The van der Waals surface area contributed by atoms with E-state index in [1.807, 2.05) is 0 Å². The Morgan fingerprint density at radius 3 is 2.79 bits per heavy atom. The van der Waals surface area contributed by atoms with E-state index in [0.29, 0.717) is 5.65 Å². The number of aromatic hydroxyl groups is 1. The second kappa shape index (κ2) is 5.14. The molecule has 2 aromatic rings. The first-order valence-corrected chi connectivity index (χ1v) is 6.66. The van der Waals surface area contributed by atoms with Gasteiger partial charge in [-0.1, -0.05) is 0 Å². The highest BCUT2D eigenvalue weighted by Crippen LogP contribution is 2.15. The number of aromatic nitrogens is 3. The Kier molecular flexibility index (Phi) is 3.35. The van der Waals surface area contributed by atoms with Gasteiger partial charge in [0.2, 0.25) is 0 Å². The van der Waals surface area contributed by atoms with E-state index in [4.69, 9.17) is 0 Å². The second-order valence-electron chi connectivity index (χ2n) is 5.08. The van der Waals surface area contributed by atoms with Crippen molar-refractivity contribution in [3.05, 3.63) is 24.2 Å². The van der Waals surface area contributed by atoms with Crippen LogP contribution in [0.3, 0.4) is 0 Å². The average Bonchev–Trinajstić information content (AvgIpc) is 2.83. The lowest BCUT2D eigenvalue weighted by molar-refractivity contribution is 0.155. The number of hydrogen-bond donors (Lipinski definition) is 1. The monoisotopic (exact) mass is 261 g/mol. The van der Waals surface area contributed by atoms with Crippen LogP contribution in [-0.4, -0.2) is 69.3 Å². The van der Waals surface area contributed by atoms with Crippen LogP contribution in [0.5, 0.6) is 5.75 Å². The molecule has 0 saturated carbocycles. The van der Waals surface area contributed by atoms with Gasteiger partial charge in [0.05, 0.1) is 0 Å². The molecule has 1 aliphatic rings. The first-order chi connectivity index (χ1) is 9.22. The highest BCUT2D eigenvalue weighted by molar-refractivity contribution is 5.51. The lowest BCUT2D eigenvalue weighted by atomic mass is 10.3. The molecule has 1 saturated heterocycles. The van der Waals surface area contributed by atoms with Crippen molar-refractivity contribution in [3.63, 3.8) is 0 Å². The van der Waals surface area contributed by atoms with Crippen molar-refractivity contribution in [1.29, 1.82) is 0 Å². The maximum atomic E-state index is 9.69. The minimum absolute atomic E-state index is 0.181. The molecule has 0 aliphatic carbocycles. The van der Waals surface area contributed by atoms with Crippen LogP contribution < -0.4 is 0 Å². The standard InChI is InChI=1S/C13H19N5O/c1-16-7-9-17(10-8-16)6-4-12-14-13-11(19)3-2-5-18(13)15-12/h2-3,5,19H,4,6-10H2,1H3. The number of nitrogens with zero attached hydrogens (tertiary/aromatic N) is 5. The molecule has 1 fully saturated rings. The fourth-order valence-electron chi connectivity index (χ4n) is 2.37. The molecule has 19 heavy (non-hydrogen) atoms. The first-order valence-electron chi connectivity index (χ1n) is 6.66. The van der Waals surface area contributed by atoms with E-state index in [1.165, 1.54) is 0 Å². The van der Waals surface area contributed by atoms with Crippen LogP contribution in [0.2, 0.25) is 0 Å². The van der Waals surface area contributed by atoms with Crippen molar-refractivity contribution in [1.82, 2.24) is 24.4 Å². The number of pyridine rings is 1. The summed E-state index contributed by atoms with van der Waals surface area (Å²) in [6, 6.07) is 3.40. The average molecular weight is 261 g/mol. The normalized spacial score (nSPS) is 18.2. The number of fused-ring (bicyclic) bond motifs is 1. The van der Waals surface area contributed by atoms with Gasteiger partial charge >= 0.3 is 0 Å². The molecule has 0 unspecified atom stereocenters. The molecule has 102 valence electrons. The van der Waals surface area contributed by atoms with Crippen molar-refractivity contribution >= 4 is 5.65 Å². The Morgan fingerprint density at radius 1 is 1.26 bits per heavy atom. The molecule has 2 aromatic heterocycles. The summed E-state index contributed by atoms with van der Waals surface area (Å²) in [7, 11) is 2.16. The van der Waals surface area contributed by atoms with E-state index < -0.39 is 0 Å². The van der Waals surface area contributed by atoms with Crippen molar-refractivity contribution in [3.8, 4) is 5.75 Å². The summed E-state index contributed by atoms with van der Waals surface area (Å²) >= 11 is 0. The van der Waals surface area contributed by atoms with Gasteiger partial charge in [0.25, 0.3) is 0 Å². The maximum absolute atomic E-state index is 9.69. The van der Waals surface area contributed by atoms with Crippen molar-refractivity contribution in [2.75, 3.05) is 39.8 Å². The predicted octanol–water partition coefficient (Wildman–Crippen LogP) is 0.225. The minimum atomic E-state index is 0.181. The van der Waals surface area contributed by atoms with Gasteiger partial charge in [-0.25, -0.2) is 9.50 Å². The molecule has 1 aliphatic heterocycles. The lowest BCUT2D eigenvalue weighted by Crippen LogP contribution is -2.45. The SMILES string of the molecule is CN1CCN(CCc2nc3c(O)cccn3n2)CC1. The molecule has 0 spiro atoms. The summed E-state index contributed by atoms with van der Waals surface area (Å²) in [6.45, 7) is 5.44. The molecule has 0 amide bonds. The van der Waals surface area contributed by atoms with Crippen molar-refractivity contribution < 1.29 is 5.11 Å². The van der Waals surface area contributed by atoms with E-state index >= 15 is 0 Å². The fraction of sp³-hybridized carbons (Fsp3) is 0.538. The lowest BCUT2D eigenvalue weighted by Gasteiger charge is -2.31. The van der Waals surface area contributed by atoms with Gasteiger partial charge in [0, 0.05) is 45.3 Å². The number of hydrogen-bond acceptors (Lipinski definition) is 5.